The predicted molar refractivity (Wildman–Crippen MR) is 101 cm³/mol. The summed E-state index contributed by atoms with van der Waals surface area (Å²) in [6, 6.07) is 0. The molecule has 1 atom stereocenters. The van der Waals surface area contributed by atoms with Crippen molar-refractivity contribution in [1.82, 2.24) is 9.80 Å². The summed E-state index contributed by atoms with van der Waals surface area (Å²) in [6.45, 7) is 10.1. The summed E-state index contributed by atoms with van der Waals surface area (Å²) in [5, 5.41) is 0. The fourth-order valence-electron chi connectivity index (χ4n) is 3.53. The highest BCUT2D eigenvalue weighted by Crippen LogP contribution is 2.39. The van der Waals surface area contributed by atoms with E-state index in [1.54, 1.807) is 0 Å². The van der Waals surface area contributed by atoms with Crippen molar-refractivity contribution < 1.29 is 4.74 Å². The van der Waals surface area contributed by atoms with Crippen LogP contribution in [0, 0.1) is 17.8 Å². The van der Waals surface area contributed by atoms with E-state index in [9.17, 15) is 0 Å². The lowest BCUT2D eigenvalue weighted by Crippen LogP contribution is -2.39. The number of methoxy groups -OCH3 is 1. The van der Waals surface area contributed by atoms with E-state index in [1.165, 1.54) is 51.6 Å². The van der Waals surface area contributed by atoms with Gasteiger partial charge in [0.25, 0.3) is 0 Å². The van der Waals surface area contributed by atoms with E-state index in [0.29, 0.717) is 5.41 Å². The minimum atomic E-state index is 0.326. The van der Waals surface area contributed by atoms with E-state index < -0.39 is 0 Å². The Morgan fingerprint density at radius 3 is 2.35 bits per heavy atom. The van der Waals surface area contributed by atoms with E-state index in [0.717, 1.165) is 32.0 Å². The van der Waals surface area contributed by atoms with Crippen LogP contribution in [0.25, 0.3) is 0 Å². The largest absolute Gasteiger partial charge is 0.385 e. The molecule has 1 rings (SSSR count). The molecule has 0 aromatic rings. The standard InChI is InChI=1S/C20H41N2O/c1-6-22(7-2)18-20(15-17-23-5,14-9-16-21(3)4)13-8-10-19-11-12-19/h13,19H,6-12,14-18H2,1-5H3. The number of nitrogens with zero attached hydrogens (tertiary/aromatic N) is 2. The first-order chi connectivity index (χ1) is 11.0. The maximum absolute atomic E-state index is 5.46. The molecule has 1 fully saturated rings. The SMILES string of the molecule is CCN(CC)CC([CH]CCC1CC1)(CCCN(C)C)CCOC. The Bertz CT molecular complexity index is 277. The lowest BCUT2D eigenvalue weighted by atomic mass is 9.75. The normalized spacial score (nSPS) is 17.9. The summed E-state index contributed by atoms with van der Waals surface area (Å²) < 4.78 is 5.46. The molecule has 0 aliphatic heterocycles. The molecule has 1 aliphatic carbocycles. The molecule has 0 heterocycles. The summed E-state index contributed by atoms with van der Waals surface area (Å²) in [5.74, 6) is 1.03. The van der Waals surface area contributed by atoms with Crippen molar-refractivity contribution in [2.75, 3.05) is 54.0 Å². The van der Waals surface area contributed by atoms with Crippen molar-refractivity contribution in [3.63, 3.8) is 0 Å². The van der Waals surface area contributed by atoms with Crippen molar-refractivity contribution in [3.8, 4) is 0 Å². The van der Waals surface area contributed by atoms with Gasteiger partial charge in [-0.25, -0.2) is 0 Å². The highest BCUT2D eigenvalue weighted by molar-refractivity contribution is 4.95. The van der Waals surface area contributed by atoms with E-state index in [1.807, 2.05) is 7.11 Å². The van der Waals surface area contributed by atoms with Crippen LogP contribution in [0.4, 0.5) is 0 Å². The van der Waals surface area contributed by atoms with Crippen molar-refractivity contribution in [2.24, 2.45) is 11.3 Å². The van der Waals surface area contributed by atoms with Gasteiger partial charge in [0.15, 0.2) is 0 Å². The van der Waals surface area contributed by atoms with Crippen LogP contribution in [0.3, 0.4) is 0 Å². The summed E-state index contributed by atoms with van der Waals surface area (Å²) >= 11 is 0. The van der Waals surface area contributed by atoms with E-state index in [-0.39, 0.29) is 0 Å². The average molecular weight is 326 g/mol. The number of ether oxygens (including phenoxy) is 1. The molecule has 0 spiro atoms. The van der Waals surface area contributed by atoms with Crippen LogP contribution >= 0.6 is 0 Å². The van der Waals surface area contributed by atoms with Gasteiger partial charge in [-0.15, -0.1) is 0 Å². The second-order valence-electron chi connectivity index (χ2n) is 7.70. The summed E-state index contributed by atoms with van der Waals surface area (Å²) in [5.41, 5.74) is 0.326. The molecule has 3 heteroatoms. The molecule has 1 radical (unpaired) electrons. The first-order valence-corrected chi connectivity index (χ1v) is 9.75. The first kappa shape index (κ1) is 20.9. The fraction of sp³-hybridized carbons (Fsp3) is 0.950. The van der Waals surface area contributed by atoms with Crippen molar-refractivity contribution in [2.45, 2.75) is 58.8 Å². The Balaban J connectivity index is 2.65. The molecule has 0 bridgehead atoms. The molecule has 137 valence electrons. The summed E-state index contributed by atoms with van der Waals surface area (Å²) in [6.07, 6.45) is 12.0. The fourth-order valence-corrected chi connectivity index (χ4v) is 3.53. The predicted octanol–water partition coefficient (Wildman–Crippen LogP) is 4.09. The lowest BCUT2D eigenvalue weighted by Gasteiger charge is -2.38. The van der Waals surface area contributed by atoms with E-state index in [4.69, 9.17) is 4.74 Å². The van der Waals surface area contributed by atoms with Gasteiger partial charge in [-0.1, -0.05) is 33.1 Å². The number of hydrogen-bond acceptors (Lipinski definition) is 3. The van der Waals surface area contributed by atoms with Crippen LogP contribution in [0.15, 0.2) is 0 Å². The monoisotopic (exact) mass is 325 g/mol. The van der Waals surface area contributed by atoms with Gasteiger partial charge in [0.2, 0.25) is 0 Å². The Morgan fingerprint density at radius 1 is 1.13 bits per heavy atom. The van der Waals surface area contributed by atoms with Gasteiger partial charge in [-0.05, 0) is 77.2 Å². The van der Waals surface area contributed by atoms with Gasteiger partial charge in [0.1, 0.15) is 0 Å². The molecule has 0 saturated heterocycles. The third kappa shape index (κ3) is 9.07. The third-order valence-electron chi connectivity index (χ3n) is 5.37. The highest BCUT2D eigenvalue weighted by atomic mass is 16.5. The minimum absolute atomic E-state index is 0.326. The van der Waals surface area contributed by atoms with Gasteiger partial charge in [0.05, 0.1) is 0 Å². The van der Waals surface area contributed by atoms with E-state index >= 15 is 0 Å². The van der Waals surface area contributed by atoms with Gasteiger partial charge < -0.3 is 14.5 Å². The molecule has 0 N–H and O–H groups in total. The zero-order chi connectivity index (χ0) is 17.1. The van der Waals surface area contributed by atoms with Crippen LogP contribution < -0.4 is 0 Å². The highest BCUT2D eigenvalue weighted by Gasteiger charge is 2.32. The second kappa shape index (κ2) is 11.4. The Hall–Kier alpha value is -0.120. The van der Waals surface area contributed by atoms with Crippen LogP contribution in [0.1, 0.15) is 58.8 Å². The van der Waals surface area contributed by atoms with Gasteiger partial charge in [0, 0.05) is 20.3 Å². The first-order valence-electron chi connectivity index (χ1n) is 9.75. The summed E-state index contributed by atoms with van der Waals surface area (Å²) in [7, 11) is 6.20. The Labute approximate surface area is 145 Å². The lowest BCUT2D eigenvalue weighted by molar-refractivity contribution is 0.104. The van der Waals surface area contributed by atoms with Gasteiger partial charge in [-0.2, -0.15) is 0 Å². The zero-order valence-electron chi connectivity index (χ0n) is 16.4. The number of hydrogen-bond donors (Lipinski definition) is 0. The second-order valence-corrected chi connectivity index (χ2v) is 7.70. The van der Waals surface area contributed by atoms with Crippen molar-refractivity contribution in [1.29, 1.82) is 0 Å². The molecule has 0 aromatic carbocycles. The van der Waals surface area contributed by atoms with Crippen LogP contribution in [0.2, 0.25) is 0 Å². The third-order valence-corrected chi connectivity index (χ3v) is 5.37. The van der Waals surface area contributed by atoms with Crippen LogP contribution in [0.5, 0.6) is 0 Å². The topological polar surface area (TPSA) is 15.7 Å². The molecule has 1 saturated carbocycles. The summed E-state index contributed by atoms with van der Waals surface area (Å²) in [4.78, 5) is 4.90. The molecule has 0 amide bonds. The van der Waals surface area contributed by atoms with Crippen molar-refractivity contribution >= 4 is 0 Å². The molecule has 1 aliphatic rings. The van der Waals surface area contributed by atoms with Gasteiger partial charge >= 0.3 is 0 Å². The Kier molecular flexibility index (Phi) is 10.4. The van der Waals surface area contributed by atoms with E-state index in [2.05, 4.69) is 44.2 Å². The average Bonchev–Trinajstić information content (AvgIpc) is 3.34. The Morgan fingerprint density at radius 2 is 1.83 bits per heavy atom. The molecular weight excluding hydrogens is 284 g/mol. The molecule has 0 aromatic heterocycles. The molecule has 1 unspecified atom stereocenters. The maximum Gasteiger partial charge on any atom is 0.0468 e. The molecule has 23 heavy (non-hydrogen) atoms. The number of rotatable bonds is 15. The maximum atomic E-state index is 5.46. The molecule has 3 nitrogen and oxygen atoms in total. The molecular formula is C20H41N2O. The van der Waals surface area contributed by atoms with Crippen molar-refractivity contribution in [3.05, 3.63) is 6.42 Å². The zero-order valence-corrected chi connectivity index (χ0v) is 16.4. The van der Waals surface area contributed by atoms with Crippen LogP contribution in [-0.4, -0.2) is 63.8 Å². The quantitative estimate of drug-likeness (QED) is 0.451. The minimum Gasteiger partial charge on any atom is -0.385 e. The van der Waals surface area contributed by atoms with Gasteiger partial charge in [-0.3, -0.25) is 0 Å². The smallest absolute Gasteiger partial charge is 0.0468 e. The van der Waals surface area contributed by atoms with Crippen LogP contribution in [-0.2, 0) is 4.74 Å².